The monoisotopic (exact) mass is 311 g/mol. The third kappa shape index (κ3) is 2.73. The minimum absolute atomic E-state index is 0.265. The number of hydrogen-bond donors (Lipinski definition) is 1. The molecule has 0 spiro atoms. The van der Waals surface area contributed by atoms with E-state index < -0.39 is 0 Å². The van der Waals surface area contributed by atoms with Crippen molar-refractivity contribution in [3.05, 3.63) is 47.5 Å². The van der Waals surface area contributed by atoms with Gasteiger partial charge in [0.2, 0.25) is 0 Å². The van der Waals surface area contributed by atoms with E-state index in [1.165, 1.54) is 5.56 Å². The van der Waals surface area contributed by atoms with Crippen molar-refractivity contribution in [2.45, 2.75) is 19.0 Å². The van der Waals surface area contributed by atoms with Gasteiger partial charge in [-0.3, -0.25) is 0 Å². The summed E-state index contributed by atoms with van der Waals surface area (Å²) in [7, 11) is 1.66. The second-order valence-electron chi connectivity index (χ2n) is 5.63. The maximum atomic E-state index is 5.88. The fourth-order valence-electron chi connectivity index (χ4n) is 2.89. The fourth-order valence-corrected chi connectivity index (χ4v) is 2.89. The summed E-state index contributed by atoms with van der Waals surface area (Å²) in [5, 5.41) is 11.2. The van der Waals surface area contributed by atoms with E-state index in [4.69, 9.17) is 14.1 Å². The van der Waals surface area contributed by atoms with Crippen LogP contribution in [-0.2, 0) is 13.0 Å². The predicted molar refractivity (Wildman–Crippen MR) is 84.6 cm³/mol. The molecule has 0 amide bonds. The largest absolute Gasteiger partial charge is 0.493 e. The molecule has 0 aliphatic carbocycles. The third-order valence-corrected chi connectivity index (χ3v) is 4.09. The van der Waals surface area contributed by atoms with Crippen LogP contribution >= 0.6 is 0 Å². The summed E-state index contributed by atoms with van der Waals surface area (Å²) < 4.78 is 15.9. The molecule has 0 radical (unpaired) electrons. The van der Waals surface area contributed by atoms with E-state index in [2.05, 4.69) is 21.7 Å². The number of nitrogens with zero attached hydrogens (tertiary/aromatic N) is 2. The van der Waals surface area contributed by atoms with Crippen LogP contribution < -0.4 is 14.8 Å². The zero-order chi connectivity index (χ0) is 15.6. The highest BCUT2D eigenvalue weighted by atomic mass is 16.6. The van der Waals surface area contributed by atoms with Gasteiger partial charge in [-0.15, -0.1) is 0 Å². The first kappa shape index (κ1) is 14.0. The van der Waals surface area contributed by atoms with E-state index >= 15 is 0 Å². The van der Waals surface area contributed by atoms with Gasteiger partial charge in [-0.05, 0) is 46.1 Å². The zero-order valence-electron chi connectivity index (χ0n) is 12.8. The number of hydrogen-bond acceptors (Lipinski definition) is 6. The topological polar surface area (TPSA) is 69.4 Å². The lowest BCUT2D eigenvalue weighted by Crippen LogP contribution is -2.38. The molecule has 6 heteroatoms. The molecule has 23 heavy (non-hydrogen) atoms. The Balaban J connectivity index is 1.44. The number of aromatic nitrogens is 2. The van der Waals surface area contributed by atoms with Crippen LogP contribution in [0.3, 0.4) is 0 Å². The molecule has 118 valence electrons. The molecule has 0 saturated carbocycles. The highest BCUT2D eigenvalue weighted by Gasteiger charge is 2.22. The summed E-state index contributed by atoms with van der Waals surface area (Å²) in [5.74, 6) is 1.66. The maximum absolute atomic E-state index is 5.88. The van der Waals surface area contributed by atoms with Crippen molar-refractivity contribution >= 4 is 11.0 Å². The molecule has 1 atom stereocenters. The summed E-state index contributed by atoms with van der Waals surface area (Å²) in [6.07, 6.45) is 0.917. The molecule has 1 N–H and O–H groups in total. The second-order valence-corrected chi connectivity index (χ2v) is 5.63. The van der Waals surface area contributed by atoms with Gasteiger partial charge in [0, 0.05) is 12.6 Å². The Hall–Kier alpha value is -2.60. The van der Waals surface area contributed by atoms with E-state index in [-0.39, 0.29) is 6.04 Å². The number of methoxy groups -OCH3 is 1. The quantitative estimate of drug-likeness (QED) is 0.797. The Morgan fingerprint density at radius 3 is 3.04 bits per heavy atom. The van der Waals surface area contributed by atoms with Crippen LogP contribution in [0.15, 0.2) is 41.0 Å². The number of fused-ring (bicyclic) bond motifs is 2. The minimum atomic E-state index is 0.265. The molecule has 1 aliphatic rings. The zero-order valence-corrected chi connectivity index (χ0v) is 12.8. The van der Waals surface area contributed by atoms with Crippen LogP contribution in [0.5, 0.6) is 11.5 Å². The molecular weight excluding hydrogens is 294 g/mol. The van der Waals surface area contributed by atoms with Crippen molar-refractivity contribution in [2.24, 2.45) is 0 Å². The molecule has 0 bridgehead atoms. The standard InChI is InChI=1S/C17H17N3O3/c1-21-16-4-2-3-12-8-13(10-22-17(12)16)18-9-11-5-6-14-15(7-11)20-23-19-14/h2-7,13,18H,8-10H2,1H3. The van der Waals surface area contributed by atoms with Gasteiger partial charge in [0.05, 0.1) is 7.11 Å². The number of ether oxygens (including phenoxy) is 2. The number of para-hydroxylation sites is 1. The van der Waals surface area contributed by atoms with E-state index in [1.807, 2.05) is 30.3 Å². The van der Waals surface area contributed by atoms with Crippen molar-refractivity contribution in [1.82, 2.24) is 15.6 Å². The molecule has 2 heterocycles. The van der Waals surface area contributed by atoms with E-state index in [1.54, 1.807) is 7.11 Å². The van der Waals surface area contributed by atoms with Crippen molar-refractivity contribution in [3.8, 4) is 11.5 Å². The molecule has 1 unspecified atom stereocenters. The van der Waals surface area contributed by atoms with Gasteiger partial charge in [-0.2, -0.15) is 0 Å². The molecule has 3 aromatic rings. The van der Waals surface area contributed by atoms with Gasteiger partial charge in [-0.25, -0.2) is 4.63 Å². The van der Waals surface area contributed by atoms with Crippen LogP contribution in [0.2, 0.25) is 0 Å². The van der Waals surface area contributed by atoms with Gasteiger partial charge < -0.3 is 14.8 Å². The first-order valence-electron chi connectivity index (χ1n) is 7.57. The molecule has 2 aromatic carbocycles. The van der Waals surface area contributed by atoms with Crippen LogP contribution in [-0.4, -0.2) is 30.1 Å². The summed E-state index contributed by atoms with van der Waals surface area (Å²) in [6.45, 7) is 1.37. The molecule has 4 rings (SSSR count). The molecule has 0 saturated heterocycles. The fraction of sp³-hybridized carbons (Fsp3) is 0.294. The van der Waals surface area contributed by atoms with Gasteiger partial charge in [-0.1, -0.05) is 18.2 Å². The van der Waals surface area contributed by atoms with Crippen molar-refractivity contribution in [1.29, 1.82) is 0 Å². The summed E-state index contributed by atoms with van der Waals surface area (Å²) in [4.78, 5) is 0. The SMILES string of the molecule is COc1cccc2c1OCC(NCc1ccc3nonc3c1)C2. The number of nitrogens with one attached hydrogen (secondary N) is 1. The van der Waals surface area contributed by atoms with Crippen molar-refractivity contribution in [3.63, 3.8) is 0 Å². The normalized spacial score (nSPS) is 16.8. The molecular formula is C17H17N3O3. The predicted octanol–water partition coefficient (Wildman–Crippen LogP) is 2.32. The van der Waals surface area contributed by atoms with Gasteiger partial charge in [0.25, 0.3) is 0 Å². The second kappa shape index (κ2) is 5.89. The molecule has 6 nitrogen and oxygen atoms in total. The maximum Gasteiger partial charge on any atom is 0.164 e. The Labute approximate surface area is 133 Å². The van der Waals surface area contributed by atoms with E-state index in [9.17, 15) is 0 Å². The van der Waals surface area contributed by atoms with Crippen LogP contribution in [0.1, 0.15) is 11.1 Å². The van der Waals surface area contributed by atoms with Crippen molar-refractivity contribution < 1.29 is 14.1 Å². The Bertz CT molecular complexity index is 831. The molecule has 1 aliphatic heterocycles. The Kier molecular flexibility index (Phi) is 3.59. The lowest BCUT2D eigenvalue weighted by Gasteiger charge is -2.27. The lowest BCUT2D eigenvalue weighted by atomic mass is 10.0. The first-order valence-corrected chi connectivity index (χ1v) is 7.57. The summed E-state index contributed by atoms with van der Waals surface area (Å²) >= 11 is 0. The van der Waals surface area contributed by atoms with E-state index in [0.29, 0.717) is 6.61 Å². The third-order valence-electron chi connectivity index (χ3n) is 4.09. The highest BCUT2D eigenvalue weighted by molar-refractivity contribution is 5.73. The number of benzene rings is 2. The highest BCUT2D eigenvalue weighted by Crippen LogP contribution is 2.34. The summed E-state index contributed by atoms with van der Waals surface area (Å²) in [5.41, 5.74) is 3.86. The van der Waals surface area contributed by atoms with Crippen LogP contribution in [0, 0.1) is 0 Å². The van der Waals surface area contributed by atoms with Crippen molar-refractivity contribution in [2.75, 3.05) is 13.7 Å². The van der Waals surface area contributed by atoms with Gasteiger partial charge in [0.1, 0.15) is 17.6 Å². The minimum Gasteiger partial charge on any atom is -0.493 e. The summed E-state index contributed by atoms with van der Waals surface area (Å²) in [6, 6.07) is 12.2. The smallest absolute Gasteiger partial charge is 0.164 e. The number of rotatable bonds is 4. The van der Waals surface area contributed by atoms with Gasteiger partial charge in [0.15, 0.2) is 11.5 Å². The first-order chi connectivity index (χ1) is 11.3. The lowest BCUT2D eigenvalue weighted by molar-refractivity contribution is 0.226. The average molecular weight is 311 g/mol. The average Bonchev–Trinajstić information content (AvgIpc) is 3.06. The molecule has 1 aromatic heterocycles. The molecule has 0 fully saturated rings. The van der Waals surface area contributed by atoms with Crippen LogP contribution in [0.25, 0.3) is 11.0 Å². The Morgan fingerprint density at radius 2 is 2.13 bits per heavy atom. The van der Waals surface area contributed by atoms with Crippen LogP contribution in [0.4, 0.5) is 0 Å². The Morgan fingerprint density at radius 1 is 1.22 bits per heavy atom. The van der Waals surface area contributed by atoms with Gasteiger partial charge >= 0.3 is 0 Å². The van der Waals surface area contributed by atoms with E-state index in [0.717, 1.165) is 41.1 Å².